The molecule has 0 aromatic heterocycles. The van der Waals surface area contributed by atoms with Gasteiger partial charge in [-0.1, -0.05) is 17.7 Å². The molecule has 1 aliphatic carbocycles. The molecular formula is C13H17NS. The van der Waals surface area contributed by atoms with E-state index < -0.39 is 0 Å². The lowest BCUT2D eigenvalue weighted by Gasteiger charge is -2.21. The van der Waals surface area contributed by atoms with Gasteiger partial charge in [0.25, 0.3) is 0 Å². The maximum absolute atomic E-state index is 4.40. The summed E-state index contributed by atoms with van der Waals surface area (Å²) in [6, 6.07) is 0. The fourth-order valence-electron chi connectivity index (χ4n) is 2.32. The minimum atomic E-state index is 1.14. The van der Waals surface area contributed by atoms with Crippen LogP contribution in [0.15, 0.2) is 40.1 Å². The van der Waals surface area contributed by atoms with E-state index in [0.29, 0.717) is 0 Å². The standard InChI is InChI=1S/C13H17NS/c1-4-14-13-12(9(2)3)11-7-5-6-10(11)8-15-13/h4H,1,5-8H2,2-3H3. The van der Waals surface area contributed by atoms with Gasteiger partial charge in [0.1, 0.15) is 5.04 Å². The molecule has 1 aliphatic heterocycles. The summed E-state index contributed by atoms with van der Waals surface area (Å²) in [5.41, 5.74) is 6.02. The second-order valence-electron chi connectivity index (χ2n) is 4.22. The van der Waals surface area contributed by atoms with Crippen molar-refractivity contribution in [2.75, 3.05) is 5.75 Å². The Labute approximate surface area is 96.1 Å². The predicted molar refractivity (Wildman–Crippen MR) is 69.3 cm³/mol. The van der Waals surface area contributed by atoms with E-state index in [1.165, 1.54) is 35.5 Å². The average Bonchev–Trinajstić information content (AvgIpc) is 2.64. The first-order valence-electron chi connectivity index (χ1n) is 5.44. The van der Waals surface area contributed by atoms with Crippen molar-refractivity contribution in [3.8, 4) is 0 Å². The van der Waals surface area contributed by atoms with Crippen LogP contribution in [0.1, 0.15) is 33.1 Å². The van der Waals surface area contributed by atoms with E-state index in [-0.39, 0.29) is 0 Å². The number of hydrogen-bond donors (Lipinski definition) is 0. The van der Waals surface area contributed by atoms with Crippen molar-refractivity contribution in [2.24, 2.45) is 4.99 Å². The Morgan fingerprint density at radius 3 is 2.87 bits per heavy atom. The summed E-state index contributed by atoms with van der Waals surface area (Å²) >= 11 is 1.86. The maximum Gasteiger partial charge on any atom is 0.104 e. The van der Waals surface area contributed by atoms with Crippen molar-refractivity contribution >= 4 is 16.8 Å². The van der Waals surface area contributed by atoms with Crippen LogP contribution in [-0.2, 0) is 0 Å². The molecular weight excluding hydrogens is 202 g/mol. The van der Waals surface area contributed by atoms with E-state index in [1.54, 1.807) is 17.3 Å². The molecule has 0 N–H and O–H groups in total. The van der Waals surface area contributed by atoms with E-state index >= 15 is 0 Å². The third kappa shape index (κ3) is 1.96. The van der Waals surface area contributed by atoms with Gasteiger partial charge in [-0.05, 0) is 38.7 Å². The summed E-state index contributed by atoms with van der Waals surface area (Å²) in [4.78, 5) is 4.40. The number of hydrogen-bond acceptors (Lipinski definition) is 2. The summed E-state index contributed by atoms with van der Waals surface area (Å²) < 4.78 is 0. The minimum Gasteiger partial charge on any atom is -0.250 e. The molecule has 2 rings (SSSR count). The van der Waals surface area contributed by atoms with Crippen molar-refractivity contribution < 1.29 is 0 Å². The lowest BCUT2D eigenvalue weighted by atomic mass is 9.99. The van der Waals surface area contributed by atoms with Crippen molar-refractivity contribution in [1.82, 2.24) is 0 Å². The smallest absolute Gasteiger partial charge is 0.104 e. The van der Waals surface area contributed by atoms with Crippen molar-refractivity contribution in [3.63, 3.8) is 0 Å². The average molecular weight is 219 g/mol. The fraction of sp³-hybridized carbons (Fsp3) is 0.462. The Morgan fingerprint density at radius 2 is 2.20 bits per heavy atom. The topological polar surface area (TPSA) is 12.4 Å². The van der Waals surface area contributed by atoms with E-state index in [0.717, 1.165) is 5.75 Å². The molecule has 2 aliphatic rings. The number of nitrogens with zero attached hydrogens (tertiary/aromatic N) is 1. The van der Waals surface area contributed by atoms with Crippen LogP contribution in [0.2, 0.25) is 0 Å². The maximum atomic E-state index is 4.40. The first-order valence-corrected chi connectivity index (χ1v) is 6.43. The van der Waals surface area contributed by atoms with Gasteiger partial charge in [-0.2, -0.15) is 0 Å². The first-order chi connectivity index (χ1) is 7.24. The summed E-state index contributed by atoms with van der Waals surface area (Å²) in [5.74, 6) is 1.14. The number of rotatable bonds is 1. The molecule has 15 heavy (non-hydrogen) atoms. The highest BCUT2D eigenvalue weighted by Crippen LogP contribution is 2.41. The quantitative estimate of drug-likeness (QED) is 0.647. The Balaban J connectivity index is 2.48. The largest absolute Gasteiger partial charge is 0.250 e. The SMILES string of the molecule is C=CN=C1SCC2=C(CCC2)C1=C(C)C. The van der Waals surface area contributed by atoms with E-state index in [1.807, 2.05) is 11.8 Å². The molecule has 1 nitrogen and oxygen atoms in total. The van der Waals surface area contributed by atoms with Gasteiger partial charge in [0.2, 0.25) is 0 Å². The van der Waals surface area contributed by atoms with Gasteiger partial charge in [0.05, 0.1) is 0 Å². The number of aliphatic imine (C=N–C) groups is 1. The molecule has 0 unspecified atom stereocenters. The molecule has 0 fully saturated rings. The molecule has 1 heterocycles. The van der Waals surface area contributed by atoms with Gasteiger partial charge in [0.15, 0.2) is 0 Å². The van der Waals surface area contributed by atoms with Crippen LogP contribution in [-0.4, -0.2) is 10.8 Å². The van der Waals surface area contributed by atoms with E-state index in [9.17, 15) is 0 Å². The highest BCUT2D eigenvalue weighted by molar-refractivity contribution is 8.14. The Bertz CT molecular complexity index is 381. The van der Waals surface area contributed by atoms with Gasteiger partial charge in [0, 0.05) is 17.5 Å². The molecule has 0 spiro atoms. The van der Waals surface area contributed by atoms with Gasteiger partial charge >= 0.3 is 0 Å². The lowest BCUT2D eigenvalue weighted by Crippen LogP contribution is -2.10. The monoisotopic (exact) mass is 219 g/mol. The highest BCUT2D eigenvalue weighted by Gasteiger charge is 2.26. The summed E-state index contributed by atoms with van der Waals surface area (Å²) in [6.45, 7) is 8.06. The predicted octanol–water partition coefficient (Wildman–Crippen LogP) is 4.09. The highest BCUT2D eigenvalue weighted by atomic mass is 32.2. The van der Waals surface area contributed by atoms with Crippen LogP contribution in [0.3, 0.4) is 0 Å². The summed E-state index contributed by atoms with van der Waals surface area (Å²) in [5, 5.41) is 1.17. The van der Waals surface area contributed by atoms with Gasteiger partial charge in [-0.3, -0.25) is 0 Å². The van der Waals surface area contributed by atoms with Crippen LogP contribution < -0.4 is 0 Å². The molecule has 0 radical (unpaired) electrons. The molecule has 0 aromatic carbocycles. The second kappa shape index (κ2) is 4.40. The third-order valence-electron chi connectivity index (χ3n) is 2.94. The summed E-state index contributed by atoms with van der Waals surface area (Å²) in [7, 11) is 0. The molecule has 0 amide bonds. The summed E-state index contributed by atoms with van der Waals surface area (Å²) in [6.07, 6.45) is 5.52. The number of thioether (sulfide) groups is 1. The van der Waals surface area contributed by atoms with Crippen molar-refractivity contribution in [2.45, 2.75) is 33.1 Å². The van der Waals surface area contributed by atoms with Gasteiger partial charge in [-0.25, -0.2) is 4.99 Å². The Hall–Kier alpha value is -0.760. The fourth-order valence-corrected chi connectivity index (χ4v) is 3.57. The van der Waals surface area contributed by atoms with Crippen LogP contribution >= 0.6 is 11.8 Å². The molecule has 0 bridgehead atoms. The lowest BCUT2D eigenvalue weighted by molar-refractivity contribution is 0.899. The normalized spacial score (nSPS) is 23.3. The molecule has 0 atom stereocenters. The number of allylic oxidation sites excluding steroid dienone is 2. The van der Waals surface area contributed by atoms with Crippen molar-refractivity contribution in [1.29, 1.82) is 0 Å². The van der Waals surface area contributed by atoms with Crippen LogP contribution in [0, 0.1) is 0 Å². The van der Waals surface area contributed by atoms with Crippen molar-refractivity contribution in [3.05, 3.63) is 35.1 Å². The second-order valence-corrected chi connectivity index (χ2v) is 5.18. The zero-order chi connectivity index (χ0) is 10.8. The zero-order valence-electron chi connectivity index (χ0n) is 9.47. The van der Waals surface area contributed by atoms with Crippen LogP contribution in [0.25, 0.3) is 0 Å². The zero-order valence-corrected chi connectivity index (χ0v) is 10.3. The molecule has 0 saturated carbocycles. The molecule has 80 valence electrons. The Kier molecular flexibility index (Phi) is 3.15. The van der Waals surface area contributed by atoms with E-state index in [2.05, 4.69) is 25.4 Å². The first kappa shape index (κ1) is 10.7. The van der Waals surface area contributed by atoms with Gasteiger partial charge < -0.3 is 0 Å². The molecule has 0 saturated heterocycles. The molecule has 2 heteroatoms. The molecule has 0 aromatic rings. The van der Waals surface area contributed by atoms with Crippen LogP contribution in [0.4, 0.5) is 0 Å². The van der Waals surface area contributed by atoms with Crippen LogP contribution in [0.5, 0.6) is 0 Å². The van der Waals surface area contributed by atoms with E-state index in [4.69, 9.17) is 0 Å². The minimum absolute atomic E-state index is 1.14. The third-order valence-corrected chi connectivity index (χ3v) is 4.02. The van der Waals surface area contributed by atoms with Gasteiger partial charge in [-0.15, -0.1) is 11.8 Å². The Morgan fingerprint density at radius 1 is 1.40 bits per heavy atom.